The SMILES string of the molecule is CCCC[C@@H](OS(N)(=O)=O)[C@H](O)c1c(Cl)cccc1Cl. The van der Waals surface area contributed by atoms with Gasteiger partial charge in [-0.15, -0.1) is 0 Å². The topological polar surface area (TPSA) is 89.6 Å². The highest BCUT2D eigenvalue weighted by atomic mass is 35.5. The summed E-state index contributed by atoms with van der Waals surface area (Å²) in [7, 11) is -4.18. The van der Waals surface area contributed by atoms with Gasteiger partial charge in [-0.25, -0.2) is 5.14 Å². The molecule has 0 heterocycles. The van der Waals surface area contributed by atoms with Gasteiger partial charge in [0.05, 0.1) is 0 Å². The first-order chi connectivity index (χ1) is 9.26. The highest BCUT2D eigenvalue weighted by Gasteiger charge is 2.28. The molecule has 0 aromatic heterocycles. The number of halogens is 2. The summed E-state index contributed by atoms with van der Waals surface area (Å²) in [6.07, 6.45) is -0.508. The number of nitrogens with two attached hydrogens (primary N) is 1. The van der Waals surface area contributed by atoms with Crippen LogP contribution in [0.5, 0.6) is 0 Å². The second-order valence-electron chi connectivity index (χ2n) is 4.35. The largest absolute Gasteiger partial charge is 0.386 e. The van der Waals surface area contributed by atoms with Crippen LogP contribution in [-0.4, -0.2) is 19.6 Å². The fourth-order valence-corrected chi connectivity index (χ4v) is 2.98. The second kappa shape index (κ2) is 7.59. The third kappa shape index (κ3) is 5.20. The molecule has 0 saturated heterocycles. The minimum absolute atomic E-state index is 0.237. The van der Waals surface area contributed by atoms with Crippen molar-refractivity contribution in [2.75, 3.05) is 0 Å². The quantitative estimate of drug-likeness (QED) is 0.797. The lowest BCUT2D eigenvalue weighted by atomic mass is 10.0. The summed E-state index contributed by atoms with van der Waals surface area (Å²) in [6.45, 7) is 1.93. The van der Waals surface area contributed by atoms with Crippen molar-refractivity contribution in [2.24, 2.45) is 5.14 Å². The summed E-state index contributed by atoms with van der Waals surface area (Å²) in [4.78, 5) is 0. The van der Waals surface area contributed by atoms with Gasteiger partial charge in [0, 0.05) is 15.6 Å². The Bertz CT molecular complexity index is 530. The van der Waals surface area contributed by atoms with E-state index in [-0.39, 0.29) is 15.6 Å². The molecule has 1 aromatic rings. The number of benzene rings is 1. The number of hydrogen-bond acceptors (Lipinski definition) is 4. The van der Waals surface area contributed by atoms with Crippen molar-refractivity contribution in [3.05, 3.63) is 33.8 Å². The van der Waals surface area contributed by atoms with Gasteiger partial charge in [-0.2, -0.15) is 8.42 Å². The highest BCUT2D eigenvalue weighted by Crippen LogP contribution is 2.34. The van der Waals surface area contributed by atoms with Crippen molar-refractivity contribution in [2.45, 2.75) is 38.4 Å². The van der Waals surface area contributed by atoms with E-state index >= 15 is 0 Å². The molecule has 0 radical (unpaired) electrons. The smallest absolute Gasteiger partial charge is 0.333 e. The van der Waals surface area contributed by atoms with Crippen molar-refractivity contribution in [1.82, 2.24) is 0 Å². The molecule has 0 aliphatic carbocycles. The number of hydrogen-bond donors (Lipinski definition) is 2. The molecule has 0 fully saturated rings. The molecular formula is C12H17Cl2NO4S. The number of rotatable bonds is 7. The number of aliphatic hydroxyl groups excluding tert-OH is 1. The zero-order valence-electron chi connectivity index (χ0n) is 10.9. The highest BCUT2D eigenvalue weighted by molar-refractivity contribution is 7.84. The van der Waals surface area contributed by atoms with Gasteiger partial charge in [-0.3, -0.25) is 4.18 Å². The molecule has 8 heteroatoms. The Morgan fingerprint density at radius 2 is 1.90 bits per heavy atom. The van der Waals surface area contributed by atoms with E-state index in [0.29, 0.717) is 12.8 Å². The molecule has 0 unspecified atom stereocenters. The predicted octanol–water partition coefficient (Wildman–Crippen LogP) is 2.81. The maximum atomic E-state index is 11.1. The van der Waals surface area contributed by atoms with Gasteiger partial charge in [0.15, 0.2) is 0 Å². The Balaban J connectivity index is 3.06. The summed E-state index contributed by atoms with van der Waals surface area (Å²) < 4.78 is 26.9. The van der Waals surface area contributed by atoms with Crippen molar-refractivity contribution < 1.29 is 17.7 Å². The normalized spacial score (nSPS) is 15.1. The van der Waals surface area contributed by atoms with Crippen molar-refractivity contribution in [1.29, 1.82) is 0 Å². The van der Waals surface area contributed by atoms with E-state index in [1.807, 2.05) is 6.92 Å². The molecule has 0 spiro atoms. The van der Waals surface area contributed by atoms with Crippen LogP contribution in [0.4, 0.5) is 0 Å². The summed E-state index contributed by atoms with van der Waals surface area (Å²) >= 11 is 12.0. The lowest BCUT2D eigenvalue weighted by molar-refractivity contribution is 0.0332. The average Bonchev–Trinajstić information content (AvgIpc) is 2.32. The summed E-state index contributed by atoms with van der Waals surface area (Å²) in [6, 6.07) is 4.74. The average molecular weight is 342 g/mol. The molecule has 3 N–H and O–H groups in total. The second-order valence-corrected chi connectivity index (χ2v) is 6.34. The molecule has 114 valence electrons. The van der Waals surface area contributed by atoms with Gasteiger partial charge in [0.1, 0.15) is 12.2 Å². The summed E-state index contributed by atoms with van der Waals surface area (Å²) in [5.41, 5.74) is 0.237. The van der Waals surface area contributed by atoms with E-state index in [2.05, 4.69) is 0 Å². The van der Waals surface area contributed by atoms with Crippen LogP contribution in [0.25, 0.3) is 0 Å². The molecular weight excluding hydrogens is 325 g/mol. The standard InChI is InChI=1S/C12H17Cl2NO4S/c1-2-3-7-10(19-20(15,17)18)12(16)11-8(13)5-4-6-9(11)14/h4-6,10,12,16H,2-3,7H2,1H3,(H2,15,17,18)/t10-,12+/m1/s1. The minimum atomic E-state index is -4.18. The number of aliphatic hydroxyl groups is 1. The molecule has 0 saturated carbocycles. The van der Waals surface area contributed by atoms with Gasteiger partial charge >= 0.3 is 10.3 Å². The molecule has 1 aromatic carbocycles. The first-order valence-electron chi connectivity index (χ1n) is 6.09. The lowest BCUT2D eigenvalue weighted by Gasteiger charge is -2.23. The minimum Gasteiger partial charge on any atom is -0.386 e. The molecule has 0 aliphatic heterocycles. The Morgan fingerprint density at radius 1 is 1.35 bits per heavy atom. The zero-order valence-corrected chi connectivity index (χ0v) is 13.2. The van der Waals surface area contributed by atoms with Gasteiger partial charge < -0.3 is 5.11 Å². The molecule has 20 heavy (non-hydrogen) atoms. The van der Waals surface area contributed by atoms with Crippen LogP contribution in [0, 0.1) is 0 Å². The van der Waals surface area contributed by atoms with Gasteiger partial charge in [0.2, 0.25) is 0 Å². The van der Waals surface area contributed by atoms with Crippen LogP contribution in [0.15, 0.2) is 18.2 Å². The summed E-state index contributed by atoms with van der Waals surface area (Å²) in [5.74, 6) is 0. The Kier molecular flexibility index (Phi) is 6.71. The van der Waals surface area contributed by atoms with Crippen LogP contribution in [-0.2, 0) is 14.5 Å². The maximum absolute atomic E-state index is 11.1. The molecule has 0 bridgehead atoms. The number of unbranched alkanes of at least 4 members (excludes halogenated alkanes) is 1. The third-order valence-corrected chi connectivity index (χ3v) is 3.92. The van der Waals surface area contributed by atoms with Gasteiger partial charge in [-0.05, 0) is 18.6 Å². The van der Waals surface area contributed by atoms with E-state index in [1.54, 1.807) is 18.2 Å². The van der Waals surface area contributed by atoms with Crippen LogP contribution in [0.3, 0.4) is 0 Å². The zero-order chi connectivity index (χ0) is 15.3. The van der Waals surface area contributed by atoms with Crippen LogP contribution >= 0.6 is 23.2 Å². The monoisotopic (exact) mass is 341 g/mol. The first kappa shape index (κ1) is 17.7. The fourth-order valence-electron chi connectivity index (χ4n) is 1.82. The molecule has 5 nitrogen and oxygen atoms in total. The summed E-state index contributed by atoms with van der Waals surface area (Å²) in [5, 5.41) is 15.7. The van der Waals surface area contributed by atoms with Crippen LogP contribution in [0.2, 0.25) is 10.0 Å². The molecule has 2 atom stereocenters. The lowest BCUT2D eigenvalue weighted by Crippen LogP contribution is -2.29. The Hall–Kier alpha value is -0.370. The van der Waals surface area contributed by atoms with E-state index in [0.717, 1.165) is 6.42 Å². The van der Waals surface area contributed by atoms with Crippen molar-refractivity contribution in [3.8, 4) is 0 Å². The predicted molar refractivity (Wildman–Crippen MR) is 78.9 cm³/mol. The third-order valence-electron chi connectivity index (χ3n) is 2.75. The maximum Gasteiger partial charge on any atom is 0.333 e. The van der Waals surface area contributed by atoms with Gasteiger partial charge in [-0.1, -0.05) is 49.0 Å². The molecule has 0 aliphatic rings. The van der Waals surface area contributed by atoms with Gasteiger partial charge in [0.25, 0.3) is 0 Å². The van der Waals surface area contributed by atoms with Crippen LogP contribution < -0.4 is 5.14 Å². The van der Waals surface area contributed by atoms with E-state index < -0.39 is 22.5 Å². The van der Waals surface area contributed by atoms with Crippen LogP contribution in [0.1, 0.15) is 37.9 Å². The molecule has 1 rings (SSSR count). The van der Waals surface area contributed by atoms with Crippen molar-refractivity contribution >= 4 is 33.5 Å². The Morgan fingerprint density at radius 3 is 2.35 bits per heavy atom. The molecule has 0 amide bonds. The fraction of sp³-hybridized carbons (Fsp3) is 0.500. The van der Waals surface area contributed by atoms with E-state index in [9.17, 15) is 13.5 Å². The van der Waals surface area contributed by atoms with E-state index in [4.69, 9.17) is 32.5 Å². The Labute approximate surface area is 128 Å². The van der Waals surface area contributed by atoms with E-state index in [1.165, 1.54) is 0 Å². The first-order valence-corrected chi connectivity index (χ1v) is 8.32. The van der Waals surface area contributed by atoms with Crippen molar-refractivity contribution in [3.63, 3.8) is 0 Å².